The first-order chi connectivity index (χ1) is 9.25. The lowest BCUT2D eigenvalue weighted by Gasteiger charge is -2.20. The summed E-state index contributed by atoms with van der Waals surface area (Å²) in [5.74, 6) is -1.05. The van der Waals surface area contributed by atoms with Gasteiger partial charge < -0.3 is 9.84 Å². The Bertz CT molecular complexity index is 536. The van der Waals surface area contributed by atoms with Crippen LogP contribution in [0.5, 0.6) is 5.75 Å². The van der Waals surface area contributed by atoms with Crippen LogP contribution in [-0.4, -0.2) is 23.5 Å². The number of carboxylic acids is 1. The minimum atomic E-state index is -1.15. The van der Waals surface area contributed by atoms with E-state index in [-0.39, 0.29) is 11.2 Å². The summed E-state index contributed by atoms with van der Waals surface area (Å²) in [5, 5.41) is 8.60. The third-order valence-corrected chi connectivity index (χ3v) is 2.79. The van der Waals surface area contributed by atoms with Crippen molar-refractivity contribution < 1.29 is 19.4 Å². The van der Waals surface area contributed by atoms with Crippen molar-refractivity contribution >= 4 is 11.8 Å². The van der Waals surface area contributed by atoms with Gasteiger partial charge in [-0.3, -0.25) is 4.79 Å². The van der Waals surface area contributed by atoms with E-state index in [1.54, 1.807) is 12.1 Å². The molecule has 0 aliphatic carbocycles. The molecular formula is C16H20O4. The average molecular weight is 276 g/mol. The third-order valence-electron chi connectivity index (χ3n) is 2.79. The molecule has 0 saturated carbocycles. The number of carbonyl (C=O) groups excluding carboxylic acids is 1. The number of ether oxygens (including phenoxy) is 1. The fourth-order valence-electron chi connectivity index (χ4n) is 1.71. The van der Waals surface area contributed by atoms with E-state index in [1.807, 2.05) is 33.8 Å². The van der Waals surface area contributed by atoms with Gasteiger partial charge in [0.1, 0.15) is 5.75 Å². The first kappa shape index (κ1) is 16.0. The maximum atomic E-state index is 12.1. The quantitative estimate of drug-likeness (QED) is 0.662. The molecule has 0 aromatic heterocycles. The summed E-state index contributed by atoms with van der Waals surface area (Å²) < 4.78 is 5.43. The van der Waals surface area contributed by atoms with Crippen LogP contribution in [0.15, 0.2) is 30.4 Å². The summed E-state index contributed by atoms with van der Waals surface area (Å²) in [6.45, 7) is 8.41. The highest BCUT2D eigenvalue weighted by Crippen LogP contribution is 2.28. The Balaban J connectivity index is 3.25. The molecule has 0 unspecified atom stereocenters. The minimum Gasteiger partial charge on any atom is -0.493 e. The molecule has 0 amide bonds. The molecule has 1 aromatic rings. The average Bonchev–Trinajstić information content (AvgIpc) is 2.35. The molecule has 0 aliphatic heterocycles. The van der Waals surface area contributed by atoms with Crippen molar-refractivity contribution in [1.82, 2.24) is 0 Å². The summed E-state index contributed by atoms with van der Waals surface area (Å²) in [6.07, 6.45) is 1.88. The molecule has 108 valence electrons. The van der Waals surface area contributed by atoms with Crippen molar-refractivity contribution in [3.63, 3.8) is 0 Å². The lowest BCUT2D eigenvalue weighted by Crippen LogP contribution is -2.13. The molecule has 1 N–H and O–H groups in total. The van der Waals surface area contributed by atoms with Gasteiger partial charge in [0.2, 0.25) is 0 Å². The van der Waals surface area contributed by atoms with Gasteiger partial charge in [0.15, 0.2) is 5.78 Å². The first-order valence-electron chi connectivity index (χ1n) is 6.48. The molecule has 20 heavy (non-hydrogen) atoms. The van der Waals surface area contributed by atoms with E-state index in [0.29, 0.717) is 17.9 Å². The number of carbonyl (C=O) groups is 2. The smallest absolute Gasteiger partial charge is 0.328 e. The van der Waals surface area contributed by atoms with Crippen LogP contribution in [0.3, 0.4) is 0 Å². The monoisotopic (exact) mass is 276 g/mol. The zero-order valence-corrected chi connectivity index (χ0v) is 12.3. The van der Waals surface area contributed by atoms with Gasteiger partial charge in [-0.1, -0.05) is 26.8 Å². The summed E-state index contributed by atoms with van der Waals surface area (Å²) >= 11 is 0. The number of allylic oxidation sites excluding steroid dienone is 1. The van der Waals surface area contributed by atoms with Gasteiger partial charge in [0, 0.05) is 6.08 Å². The van der Waals surface area contributed by atoms with Crippen molar-refractivity contribution in [2.24, 2.45) is 0 Å². The maximum absolute atomic E-state index is 12.1. The number of benzene rings is 1. The predicted molar refractivity (Wildman–Crippen MR) is 77.4 cm³/mol. The lowest BCUT2D eigenvalue weighted by atomic mass is 9.85. The van der Waals surface area contributed by atoms with Crippen LogP contribution < -0.4 is 4.74 Å². The summed E-state index contributed by atoms with van der Waals surface area (Å²) in [4.78, 5) is 22.6. The number of hydrogen-bond acceptors (Lipinski definition) is 3. The topological polar surface area (TPSA) is 63.6 Å². The van der Waals surface area contributed by atoms with E-state index in [0.717, 1.165) is 17.7 Å². The van der Waals surface area contributed by atoms with Gasteiger partial charge in [0.25, 0.3) is 0 Å². The molecule has 0 saturated heterocycles. The standard InChI is InChI=1S/C16H20O4/c1-5-20-14-8-6-11(16(2,3)4)10-12(14)13(17)7-9-15(18)19/h6-10H,5H2,1-4H3,(H,18,19)/b9-7+. The molecule has 1 aromatic carbocycles. The Kier molecular flexibility index (Phi) is 5.08. The molecule has 1 rings (SSSR count). The van der Waals surface area contributed by atoms with Crippen molar-refractivity contribution in [1.29, 1.82) is 0 Å². The highest BCUT2D eigenvalue weighted by molar-refractivity contribution is 6.08. The van der Waals surface area contributed by atoms with E-state index in [4.69, 9.17) is 9.84 Å². The Morgan fingerprint density at radius 3 is 2.40 bits per heavy atom. The van der Waals surface area contributed by atoms with Crippen molar-refractivity contribution in [2.45, 2.75) is 33.1 Å². The zero-order valence-electron chi connectivity index (χ0n) is 12.3. The van der Waals surface area contributed by atoms with Crippen LogP contribution >= 0.6 is 0 Å². The first-order valence-corrected chi connectivity index (χ1v) is 6.48. The number of carboxylic acid groups (broad SMARTS) is 1. The van der Waals surface area contributed by atoms with E-state index >= 15 is 0 Å². The van der Waals surface area contributed by atoms with Gasteiger partial charge in [-0.2, -0.15) is 0 Å². The van der Waals surface area contributed by atoms with Gasteiger partial charge in [-0.25, -0.2) is 4.79 Å². The molecular weight excluding hydrogens is 256 g/mol. The molecule has 4 nitrogen and oxygen atoms in total. The van der Waals surface area contributed by atoms with Gasteiger partial charge >= 0.3 is 5.97 Å². The summed E-state index contributed by atoms with van der Waals surface area (Å²) in [7, 11) is 0. The zero-order chi connectivity index (χ0) is 15.3. The van der Waals surface area contributed by atoms with Gasteiger partial charge in [-0.05, 0) is 36.1 Å². The second kappa shape index (κ2) is 6.37. The van der Waals surface area contributed by atoms with E-state index in [9.17, 15) is 9.59 Å². The number of hydrogen-bond donors (Lipinski definition) is 1. The molecule has 0 fully saturated rings. The Hall–Kier alpha value is -2.10. The largest absolute Gasteiger partial charge is 0.493 e. The predicted octanol–water partition coefficient (Wildman–Crippen LogP) is 3.21. The normalized spacial score (nSPS) is 11.6. The molecule has 0 bridgehead atoms. The van der Waals surface area contributed by atoms with Crippen LogP contribution in [-0.2, 0) is 10.2 Å². The van der Waals surface area contributed by atoms with Crippen molar-refractivity contribution in [2.75, 3.05) is 6.61 Å². The molecule has 4 heteroatoms. The highest BCUT2D eigenvalue weighted by Gasteiger charge is 2.18. The highest BCUT2D eigenvalue weighted by atomic mass is 16.5. The van der Waals surface area contributed by atoms with E-state index < -0.39 is 5.97 Å². The summed E-state index contributed by atoms with van der Waals surface area (Å²) in [6, 6.07) is 5.44. The molecule has 0 spiro atoms. The SMILES string of the molecule is CCOc1ccc(C(C)(C)C)cc1C(=O)/C=C/C(=O)O. The fourth-order valence-corrected chi connectivity index (χ4v) is 1.71. The Morgan fingerprint density at radius 1 is 1.25 bits per heavy atom. The molecule has 0 aliphatic rings. The molecule has 0 radical (unpaired) electrons. The van der Waals surface area contributed by atoms with Crippen LogP contribution in [0.2, 0.25) is 0 Å². The van der Waals surface area contributed by atoms with Crippen LogP contribution in [0.4, 0.5) is 0 Å². The Labute approximate surface area is 119 Å². The number of aliphatic carboxylic acids is 1. The van der Waals surface area contributed by atoms with Gasteiger partial charge in [0.05, 0.1) is 12.2 Å². The maximum Gasteiger partial charge on any atom is 0.328 e. The van der Waals surface area contributed by atoms with Gasteiger partial charge in [-0.15, -0.1) is 0 Å². The number of ketones is 1. The van der Waals surface area contributed by atoms with E-state index in [2.05, 4.69) is 0 Å². The van der Waals surface area contributed by atoms with Crippen LogP contribution in [0.25, 0.3) is 0 Å². The lowest BCUT2D eigenvalue weighted by molar-refractivity contribution is -0.131. The fraction of sp³-hybridized carbons (Fsp3) is 0.375. The number of rotatable bonds is 5. The van der Waals surface area contributed by atoms with Crippen molar-refractivity contribution in [3.8, 4) is 5.75 Å². The van der Waals surface area contributed by atoms with Crippen LogP contribution in [0, 0.1) is 0 Å². The third kappa shape index (κ3) is 4.23. The van der Waals surface area contributed by atoms with Crippen molar-refractivity contribution in [3.05, 3.63) is 41.5 Å². The second-order valence-corrected chi connectivity index (χ2v) is 5.43. The second-order valence-electron chi connectivity index (χ2n) is 5.43. The minimum absolute atomic E-state index is 0.101. The molecule has 0 atom stereocenters. The van der Waals surface area contributed by atoms with Crippen LogP contribution in [0.1, 0.15) is 43.6 Å². The molecule has 0 heterocycles. The van der Waals surface area contributed by atoms with E-state index in [1.165, 1.54) is 0 Å². The Morgan fingerprint density at radius 2 is 1.90 bits per heavy atom. The summed E-state index contributed by atoms with van der Waals surface area (Å²) in [5.41, 5.74) is 1.28.